The first-order chi connectivity index (χ1) is 10.1. The topological polar surface area (TPSA) is 49.8 Å². The van der Waals surface area contributed by atoms with Gasteiger partial charge in [0.05, 0.1) is 0 Å². The number of hydrogen-bond acceptors (Lipinski definition) is 4. The van der Waals surface area contributed by atoms with Crippen molar-refractivity contribution < 1.29 is 0 Å². The van der Waals surface area contributed by atoms with Gasteiger partial charge in [-0.3, -0.25) is 0 Å². The SMILES string of the molecule is CCNc1ncnc(NCC2CCC(C)CC2)c1C(C)C. The van der Waals surface area contributed by atoms with Gasteiger partial charge in [-0.2, -0.15) is 0 Å². The van der Waals surface area contributed by atoms with Crippen LogP contribution in [0, 0.1) is 11.8 Å². The maximum absolute atomic E-state index is 4.48. The lowest BCUT2D eigenvalue weighted by Crippen LogP contribution is -2.21. The third-order valence-corrected chi connectivity index (χ3v) is 4.50. The summed E-state index contributed by atoms with van der Waals surface area (Å²) in [4.78, 5) is 8.87. The maximum atomic E-state index is 4.48. The third-order valence-electron chi connectivity index (χ3n) is 4.50. The average Bonchev–Trinajstić information content (AvgIpc) is 2.47. The van der Waals surface area contributed by atoms with E-state index in [1.165, 1.54) is 31.2 Å². The van der Waals surface area contributed by atoms with Crippen molar-refractivity contribution in [3.8, 4) is 0 Å². The summed E-state index contributed by atoms with van der Waals surface area (Å²) in [6.07, 6.45) is 7.09. The van der Waals surface area contributed by atoms with E-state index >= 15 is 0 Å². The highest BCUT2D eigenvalue weighted by molar-refractivity contribution is 5.58. The van der Waals surface area contributed by atoms with E-state index in [0.717, 1.165) is 36.6 Å². The van der Waals surface area contributed by atoms with E-state index in [1.807, 2.05) is 0 Å². The van der Waals surface area contributed by atoms with Crippen LogP contribution >= 0.6 is 0 Å². The molecule has 4 nitrogen and oxygen atoms in total. The number of anilines is 2. The highest BCUT2D eigenvalue weighted by atomic mass is 15.1. The highest BCUT2D eigenvalue weighted by Crippen LogP contribution is 2.31. The second kappa shape index (κ2) is 7.62. The molecule has 0 saturated heterocycles. The van der Waals surface area contributed by atoms with Gasteiger partial charge < -0.3 is 10.6 Å². The van der Waals surface area contributed by atoms with Gasteiger partial charge in [0.1, 0.15) is 18.0 Å². The molecule has 1 aromatic rings. The zero-order valence-electron chi connectivity index (χ0n) is 13.9. The van der Waals surface area contributed by atoms with Gasteiger partial charge in [0.15, 0.2) is 0 Å². The number of nitrogens with one attached hydrogen (secondary N) is 2. The van der Waals surface area contributed by atoms with Crippen molar-refractivity contribution >= 4 is 11.6 Å². The molecule has 2 N–H and O–H groups in total. The van der Waals surface area contributed by atoms with Crippen molar-refractivity contribution in [2.24, 2.45) is 11.8 Å². The molecule has 1 saturated carbocycles. The molecule has 2 rings (SSSR count). The van der Waals surface area contributed by atoms with Crippen LogP contribution in [0.25, 0.3) is 0 Å². The van der Waals surface area contributed by atoms with Crippen molar-refractivity contribution in [2.45, 2.75) is 59.3 Å². The van der Waals surface area contributed by atoms with Gasteiger partial charge in [-0.1, -0.05) is 33.6 Å². The Bertz CT molecular complexity index is 436. The van der Waals surface area contributed by atoms with E-state index in [-0.39, 0.29) is 0 Å². The Hall–Kier alpha value is -1.32. The minimum atomic E-state index is 0.411. The molecule has 21 heavy (non-hydrogen) atoms. The van der Waals surface area contributed by atoms with Gasteiger partial charge in [0, 0.05) is 18.7 Å². The smallest absolute Gasteiger partial charge is 0.134 e. The number of rotatable bonds is 6. The average molecular weight is 290 g/mol. The van der Waals surface area contributed by atoms with Crippen LogP contribution in [0.15, 0.2) is 6.33 Å². The molecule has 0 aliphatic heterocycles. The molecule has 1 heterocycles. The normalized spacial score (nSPS) is 22.3. The molecule has 0 spiro atoms. The second-order valence-electron chi connectivity index (χ2n) is 6.68. The second-order valence-corrected chi connectivity index (χ2v) is 6.68. The van der Waals surface area contributed by atoms with Gasteiger partial charge in [-0.05, 0) is 37.5 Å². The number of aromatic nitrogens is 2. The summed E-state index contributed by atoms with van der Waals surface area (Å²) in [7, 11) is 0. The molecular weight excluding hydrogens is 260 g/mol. The van der Waals surface area contributed by atoms with Gasteiger partial charge in [0.2, 0.25) is 0 Å². The van der Waals surface area contributed by atoms with Crippen LogP contribution < -0.4 is 10.6 Å². The van der Waals surface area contributed by atoms with E-state index < -0.39 is 0 Å². The predicted molar refractivity (Wildman–Crippen MR) is 89.9 cm³/mol. The lowest BCUT2D eigenvalue weighted by atomic mass is 9.83. The first kappa shape index (κ1) is 16.1. The number of nitrogens with zero attached hydrogens (tertiary/aromatic N) is 2. The van der Waals surface area contributed by atoms with E-state index in [4.69, 9.17) is 0 Å². The largest absolute Gasteiger partial charge is 0.370 e. The van der Waals surface area contributed by atoms with Crippen LogP contribution in [-0.4, -0.2) is 23.1 Å². The molecule has 4 heteroatoms. The van der Waals surface area contributed by atoms with Crippen LogP contribution in [0.2, 0.25) is 0 Å². The summed E-state index contributed by atoms with van der Waals surface area (Å²) < 4.78 is 0. The fourth-order valence-corrected chi connectivity index (χ4v) is 3.17. The predicted octanol–water partition coefficient (Wildman–Crippen LogP) is 4.27. The molecule has 0 unspecified atom stereocenters. The Kier molecular flexibility index (Phi) is 5.83. The van der Waals surface area contributed by atoms with Crippen LogP contribution in [0.5, 0.6) is 0 Å². The van der Waals surface area contributed by atoms with Crippen LogP contribution in [0.4, 0.5) is 11.6 Å². The molecule has 0 aromatic carbocycles. The summed E-state index contributed by atoms with van der Waals surface area (Å²) in [5.41, 5.74) is 1.21. The van der Waals surface area contributed by atoms with Gasteiger partial charge in [-0.25, -0.2) is 9.97 Å². The van der Waals surface area contributed by atoms with Crippen molar-refractivity contribution in [1.82, 2.24) is 9.97 Å². The quantitative estimate of drug-likeness (QED) is 0.821. The lowest BCUT2D eigenvalue weighted by Gasteiger charge is -2.27. The Morgan fingerprint density at radius 3 is 2.29 bits per heavy atom. The summed E-state index contributed by atoms with van der Waals surface area (Å²) in [6.45, 7) is 10.8. The zero-order chi connectivity index (χ0) is 15.2. The fraction of sp³-hybridized carbons (Fsp3) is 0.765. The van der Waals surface area contributed by atoms with Crippen molar-refractivity contribution in [2.75, 3.05) is 23.7 Å². The molecule has 0 amide bonds. The summed E-state index contributed by atoms with van der Waals surface area (Å²) in [5.74, 6) is 4.09. The Balaban J connectivity index is 2.03. The minimum absolute atomic E-state index is 0.411. The number of hydrogen-bond donors (Lipinski definition) is 2. The first-order valence-electron chi connectivity index (χ1n) is 8.44. The highest BCUT2D eigenvalue weighted by Gasteiger charge is 2.20. The first-order valence-corrected chi connectivity index (χ1v) is 8.44. The van der Waals surface area contributed by atoms with Crippen LogP contribution in [0.3, 0.4) is 0 Å². The fourth-order valence-electron chi connectivity index (χ4n) is 3.17. The molecular formula is C17H30N4. The van der Waals surface area contributed by atoms with E-state index in [1.54, 1.807) is 6.33 Å². The summed E-state index contributed by atoms with van der Waals surface area (Å²) >= 11 is 0. The Morgan fingerprint density at radius 2 is 1.71 bits per heavy atom. The van der Waals surface area contributed by atoms with Gasteiger partial charge >= 0.3 is 0 Å². The third kappa shape index (κ3) is 4.32. The van der Waals surface area contributed by atoms with Gasteiger partial charge in [0.25, 0.3) is 0 Å². The van der Waals surface area contributed by atoms with Crippen LogP contribution in [0.1, 0.15) is 64.9 Å². The molecule has 0 atom stereocenters. The van der Waals surface area contributed by atoms with Crippen molar-refractivity contribution in [3.63, 3.8) is 0 Å². The van der Waals surface area contributed by atoms with Crippen LogP contribution in [-0.2, 0) is 0 Å². The molecule has 118 valence electrons. The van der Waals surface area contributed by atoms with Gasteiger partial charge in [-0.15, -0.1) is 0 Å². The van der Waals surface area contributed by atoms with E-state index in [2.05, 4.69) is 48.3 Å². The monoisotopic (exact) mass is 290 g/mol. The molecule has 0 radical (unpaired) electrons. The molecule has 1 fully saturated rings. The van der Waals surface area contributed by atoms with E-state index in [0.29, 0.717) is 5.92 Å². The van der Waals surface area contributed by atoms with E-state index in [9.17, 15) is 0 Å². The molecule has 1 aliphatic rings. The molecule has 1 aromatic heterocycles. The van der Waals surface area contributed by atoms with Crippen molar-refractivity contribution in [3.05, 3.63) is 11.9 Å². The minimum Gasteiger partial charge on any atom is -0.370 e. The lowest BCUT2D eigenvalue weighted by molar-refractivity contribution is 0.300. The Morgan fingerprint density at radius 1 is 1.10 bits per heavy atom. The summed E-state index contributed by atoms with van der Waals surface area (Å²) in [6, 6.07) is 0. The summed E-state index contributed by atoms with van der Waals surface area (Å²) in [5, 5.41) is 6.94. The zero-order valence-corrected chi connectivity index (χ0v) is 13.9. The Labute approximate surface area is 129 Å². The van der Waals surface area contributed by atoms with Crippen molar-refractivity contribution in [1.29, 1.82) is 0 Å². The molecule has 1 aliphatic carbocycles. The molecule has 0 bridgehead atoms. The standard InChI is InChI=1S/C17H30N4/c1-5-18-16-15(12(2)3)17(21-11-20-16)19-10-14-8-6-13(4)7-9-14/h11-14H,5-10H2,1-4H3,(H2,18,19,20,21). The maximum Gasteiger partial charge on any atom is 0.134 e.